The fraction of sp³-hybridized carbons (Fsp3) is 0.200. The molecule has 0 aliphatic heterocycles. The third kappa shape index (κ3) is 5.06. The molecule has 5 nitrogen and oxygen atoms in total. The average molecular weight is 434 g/mol. The van der Waals surface area contributed by atoms with Gasteiger partial charge in [-0.15, -0.1) is 0 Å². The van der Waals surface area contributed by atoms with E-state index in [1.54, 1.807) is 0 Å². The number of halogens is 1. The maximum atomic E-state index is 12.9. The van der Waals surface area contributed by atoms with Crippen LogP contribution in [-0.2, 0) is 13.0 Å². The zero-order chi connectivity index (χ0) is 21.6. The van der Waals surface area contributed by atoms with Crippen LogP contribution in [0.2, 0.25) is 5.02 Å². The van der Waals surface area contributed by atoms with Crippen molar-refractivity contribution in [1.82, 2.24) is 15.1 Å². The van der Waals surface area contributed by atoms with Gasteiger partial charge in [0.15, 0.2) is 5.69 Å². The van der Waals surface area contributed by atoms with Crippen LogP contribution in [0.1, 0.15) is 28.5 Å². The first-order chi connectivity index (χ1) is 15.1. The molecule has 0 atom stereocenters. The molecule has 0 unspecified atom stereocenters. The molecule has 4 aromatic rings. The third-order valence-electron chi connectivity index (χ3n) is 5.05. The van der Waals surface area contributed by atoms with E-state index in [2.05, 4.69) is 10.4 Å². The van der Waals surface area contributed by atoms with E-state index in [1.165, 1.54) is 0 Å². The molecule has 6 heteroatoms. The van der Waals surface area contributed by atoms with Crippen LogP contribution in [0.15, 0.2) is 72.8 Å². The van der Waals surface area contributed by atoms with E-state index >= 15 is 0 Å². The van der Waals surface area contributed by atoms with Crippen LogP contribution in [0, 0.1) is 0 Å². The maximum absolute atomic E-state index is 12.9. The zero-order valence-corrected chi connectivity index (χ0v) is 18.1. The van der Waals surface area contributed by atoms with Gasteiger partial charge in [0, 0.05) is 17.0 Å². The highest BCUT2D eigenvalue weighted by Crippen LogP contribution is 2.20. The minimum atomic E-state index is -0.169. The first-order valence-electron chi connectivity index (χ1n) is 10.3. The molecule has 0 bridgehead atoms. The summed E-state index contributed by atoms with van der Waals surface area (Å²) < 4.78 is 7.33. The van der Waals surface area contributed by atoms with Gasteiger partial charge in [-0.3, -0.25) is 9.48 Å². The fourth-order valence-electron chi connectivity index (χ4n) is 3.50. The Bertz CT molecular complexity index is 1170. The molecule has 0 fully saturated rings. The monoisotopic (exact) mass is 433 g/mol. The second kappa shape index (κ2) is 9.67. The Kier molecular flexibility index (Phi) is 6.53. The second-order valence-corrected chi connectivity index (χ2v) is 7.67. The minimum absolute atomic E-state index is 0.169. The molecule has 0 radical (unpaired) electrons. The van der Waals surface area contributed by atoms with Crippen LogP contribution in [0.3, 0.4) is 0 Å². The van der Waals surface area contributed by atoms with Crippen molar-refractivity contribution in [3.63, 3.8) is 0 Å². The van der Waals surface area contributed by atoms with Crippen molar-refractivity contribution in [2.24, 2.45) is 0 Å². The lowest BCUT2D eigenvalue weighted by atomic mass is 10.1. The molecule has 1 amide bonds. The number of nitrogens with zero attached hydrogens (tertiary/aromatic N) is 2. The Morgan fingerprint density at radius 3 is 2.45 bits per heavy atom. The van der Waals surface area contributed by atoms with Gasteiger partial charge < -0.3 is 10.1 Å². The minimum Gasteiger partial charge on any atom is -0.494 e. The number of aromatic nitrogens is 2. The summed E-state index contributed by atoms with van der Waals surface area (Å²) in [6, 6.07) is 23.4. The molecule has 0 spiro atoms. The van der Waals surface area contributed by atoms with Gasteiger partial charge in [0.2, 0.25) is 0 Å². The highest BCUT2D eigenvalue weighted by atomic mass is 35.5. The molecular weight excluding hydrogens is 410 g/mol. The molecule has 1 N–H and O–H groups in total. The van der Waals surface area contributed by atoms with Gasteiger partial charge >= 0.3 is 0 Å². The van der Waals surface area contributed by atoms with Crippen molar-refractivity contribution < 1.29 is 9.53 Å². The van der Waals surface area contributed by atoms with E-state index in [0.29, 0.717) is 30.4 Å². The highest BCUT2D eigenvalue weighted by Gasteiger charge is 2.17. The maximum Gasteiger partial charge on any atom is 0.272 e. The van der Waals surface area contributed by atoms with Gasteiger partial charge in [0.1, 0.15) is 5.75 Å². The van der Waals surface area contributed by atoms with Gasteiger partial charge in [-0.2, -0.15) is 5.10 Å². The van der Waals surface area contributed by atoms with Crippen molar-refractivity contribution in [3.05, 3.63) is 94.6 Å². The number of amides is 1. The topological polar surface area (TPSA) is 56.1 Å². The van der Waals surface area contributed by atoms with Crippen LogP contribution in [-0.4, -0.2) is 28.8 Å². The van der Waals surface area contributed by atoms with E-state index < -0.39 is 0 Å². The highest BCUT2D eigenvalue weighted by molar-refractivity contribution is 6.30. The lowest BCUT2D eigenvalue weighted by Crippen LogP contribution is -2.26. The van der Waals surface area contributed by atoms with Crippen molar-refractivity contribution >= 4 is 28.4 Å². The second-order valence-electron chi connectivity index (χ2n) is 7.23. The Hall–Kier alpha value is -3.31. The smallest absolute Gasteiger partial charge is 0.272 e. The molecule has 1 aromatic heterocycles. The van der Waals surface area contributed by atoms with E-state index in [1.807, 2.05) is 84.4 Å². The molecule has 3 aromatic carbocycles. The molecule has 31 heavy (non-hydrogen) atoms. The first kappa shape index (κ1) is 20.9. The summed E-state index contributed by atoms with van der Waals surface area (Å²) >= 11 is 5.99. The molecule has 4 rings (SSSR count). The van der Waals surface area contributed by atoms with Gasteiger partial charge in [0.05, 0.1) is 18.7 Å². The quantitative estimate of drug-likeness (QED) is 0.420. The normalized spacial score (nSPS) is 10.9. The first-order valence-corrected chi connectivity index (χ1v) is 10.7. The molecule has 0 aliphatic rings. The SMILES string of the molecule is CCOc1ccc(CCNC(=O)c2nn(Cc3ccc(Cl)cc3)c3ccccc23)cc1. The van der Waals surface area contributed by atoms with Crippen LogP contribution < -0.4 is 10.1 Å². The number of benzene rings is 3. The van der Waals surface area contributed by atoms with Crippen molar-refractivity contribution in [3.8, 4) is 5.75 Å². The van der Waals surface area contributed by atoms with Gasteiger partial charge in [-0.1, -0.05) is 54.1 Å². The number of ether oxygens (including phenoxy) is 1. The zero-order valence-electron chi connectivity index (χ0n) is 17.3. The van der Waals surface area contributed by atoms with Crippen molar-refractivity contribution in [2.75, 3.05) is 13.2 Å². The van der Waals surface area contributed by atoms with Crippen LogP contribution >= 0.6 is 11.6 Å². The predicted octanol–water partition coefficient (Wildman–Crippen LogP) is 5.11. The number of fused-ring (bicyclic) bond motifs is 1. The summed E-state index contributed by atoms with van der Waals surface area (Å²) in [5, 5.41) is 9.16. The molecule has 0 saturated heterocycles. The van der Waals surface area contributed by atoms with Crippen LogP contribution in [0.5, 0.6) is 5.75 Å². The number of rotatable bonds is 8. The lowest BCUT2D eigenvalue weighted by molar-refractivity contribution is 0.0950. The van der Waals surface area contributed by atoms with Crippen LogP contribution in [0.4, 0.5) is 0 Å². The largest absolute Gasteiger partial charge is 0.494 e. The Labute approximate surface area is 186 Å². The predicted molar refractivity (Wildman–Crippen MR) is 124 cm³/mol. The molecule has 0 saturated carbocycles. The summed E-state index contributed by atoms with van der Waals surface area (Å²) in [6.07, 6.45) is 0.738. The number of hydrogen-bond donors (Lipinski definition) is 1. The van der Waals surface area contributed by atoms with E-state index in [-0.39, 0.29) is 5.91 Å². The number of hydrogen-bond acceptors (Lipinski definition) is 3. The van der Waals surface area contributed by atoms with Gasteiger partial charge in [-0.05, 0) is 54.8 Å². The van der Waals surface area contributed by atoms with E-state index in [0.717, 1.165) is 34.2 Å². The van der Waals surface area contributed by atoms with Crippen molar-refractivity contribution in [1.29, 1.82) is 0 Å². The lowest BCUT2D eigenvalue weighted by Gasteiger charge is -2.06. The van der Waals surface area contributed by atoms with Gasteiger partial charge in [-0.25, -0.2) is 0 Å². The molecule has 1 heterocycles. The summed E-state index contributed by atoms with van der Waals surface area (Å²) in [5.41, 5.74) is 3.58. The summed E-state index contributed by atoms with van der Waals surface area (Å²) in [6.45, 7) is 3.71. The van der Waals surface area contributed by atoms with Crippen molar-refractivity contribution in [2.45, 2.75) is 19.9 Å². The third-order valence-corrected chi connectivity index (χ3v) is 5.30. The number of nitrogens with one attached hydrogen (secondary N) is 1. The van der Waals surface area contributed by atoms with E-state index in [9.17, 15) is 4.79 Å². The number of carbonyl (C=O) groups excluding carboxylic acids is 1. The average Bonchev–Trinajstić information content (AvgIpc) is 3.15. The molecule has 0 aliphatic carbocycles. The molecule has 158 valence electrons. The number of para-hydroxylation sites is 1. The Balaban J connectivity index is 1.45. The van der Waals surface area contributed by atoms with Gasteiger partial charge in [0.25, 0.3) is 5.91 Å². The molecular formula is C25H24ClN3O2. The standard InChI is InChI=1S/C25H24ClN3O2/c1-2-31-21-13-9-18(10-14-21)15-16-27-25(30)24-22-5-3-4-6-23(22)29(28-24)17-19-7-11-20(26)12-8-19/h3-14H,2,15-17H2,1H3,(H,27,30). The summed E-state index contributed by atoms with van der Waals surface area (Å²) in [5.74, 6) is 0.685. The van der Waals surface area contributed by atoms with Crippen LogP contribution in [0.25, 0.3) is 10.9 Å². The Morgan fingerprint density at radius 1 is 1.00 bits per heavy atom. The Morgan fingerprint density at radius 2 is 1.71 bits per heavy atom. The summed E-state index contributed by atoms with van der Waals surface area (Å²) in [7, 11) is 0. The number of carbonyl (C=O) groups is 1. The fourth-order valence-corrected chi connectivity index (χ4v) is 3.63. The van der Waals surface area contributed by atoms with E-state index in [4.69, 9.17) is 16.3 Å². The summed E-state index contributed by atoms with van der Waals surface area (Å²) in [4.78, 5) is 12.9.